The highest BCUT2D eigenvalue weighted by molar-refractivity contribution is 5.44. The summed E-state index contributed by atoms with van der Waals surface area (Å²) in [6, 6.07) is 4.06. The molecule has 0 aliphatic heterocycles. The number of rotatable bonds is 7. The molecule has 0 unspecified atom stereocenters. The van der Waals surface area contributed by atoms with E-state index in [-0.39, 0.29) is 12.3 Å². The SMILES string of the molecule is CCC(O)(CC)COc1ccc([N+](=O)[O-])cc1[C@@H](C)O. The second kappa shape index (κ2) is 6.67. The van der Waals surface area contributed by atoms with Crippen LogP contribution in [-0.2, 0) is 0 Å². The molecule has 0 aliphatic carbocycles. The fourth-order valence-electron chi connectivity index (χ4n) is 1.77. The zero-order valence-corrected chi connectivity index (χ0v) is 12.0. The minimum Gasteiger partial charge on any atom is -0.490 e. The van der Waals surface area contributed by atoms with Crippen LogP contribution in [0.5, 0.6) is 5.75 Å². The molecule has 1 aromatic carbocycles. The lowest BCUT2D eigenvalue weighted by Crippen LogP contribution is -2.34. The van der Waals surface area contributed by atoms with E-state index in [9.17, 15) is 20.3 Å². The van der Waals surface area contributed by atoms with Crippen molar-refractivity contribution in [2.45, 2.75) is 45.3 Å². The molecule has 0 fully saturated rings. The molecule has 20 heavy (non-hydrogen) atoms. The van der Waals surface area contributed by atoms with Crippen LogP contribution in [0.15, 0.2) is 18.2 Å². The standard InChI is InChI=1S/C14H21NO5/c1-4-14(17,5-2)9-20-13-7-6-11(15(18)19)8-12(13)10(3)16/h6-8,10,16-17H,4-5,9H2,1-3H3/t10-/m1/s1. The summed E-state index contributed by atoms with van der Waals surface area (Å²) in [6.45, 7) is 5.31. The minimum atomic E-state index is -0.933. The van der Waals surface area contributed by atoms with Crippen LogP contribution in [0.25, 0.3) is 0 Å². The molecule has 0 heterocycles. The van der Waals surface area contributed by atoms with Crippen LogP contribution < -0.4 is 4.74 Å². The first-order valence-corrected chi connectivity index (χ1v) is 6.64. The number of aliphatic hydroxyl groups is 2. The highest BCUT2D eigenvalue weighted by Gasteiger charge is 2.24. The van der Waals surface area contributed by atoms with Crippen LogP contribution >= 0.6 is 0 Å². The number of ether oxygens (including phenoxy) is 1. The van der Waals surface area contributed by atoms with Crippen molar-refractivity contribution in [3.8, 4) is 5.75 Å². The molecule has 1 atom stereocenters. The molecule has 1 aromatic rings. The average molecular weight is 283 g/mol. The number of non-ortho nitro benzene ring substituents is 1. The van der Waals surface area contributed by atoms with E-state index in [1.165, 1.54) is 25.1 Å². The molecule has 6 heteroatoms. The molecule has 2 N–H and O–H groups in total. The quantitative estimate of drug-likeness (QED) is 0.592. The smallest absolute Gasteiger partial charge is 0.270 e. The van der Waals surface area contributed by atoms with E-state index in [0.29, 0.717) is 24.2 Å². The minimum absolute atomic E-state index is 0.0809. The zero-order valence-electron chi connectivity index (χ0n) is 12.0. The molecule has 0 spiro atoms. The van der Waals surface area contributed by atoms with Crippen molar-refractivity contribution in [3.63, 3.8) is 0 Å². The van der Waals surface area contributed by atoms with Crippen LogP contribution in [-0.4, -0.2) is 27.3 Å². The highest BCUT2D eigenvalue weighted by atomic mass is 16.6. The highest BCUT2D eigenvalue weighted by Crippen LogP contribution is 2.30. The summed E-state index contributed by atoms with van der Waals surface area (Å²) in [6.07, 6.45) is 0.197. The van der Waals surface area contributed by atoms with E-state index in [0.717, 1.165) is 0 Å². The summed E-state index contributed by atoms with van der Waals surface area (Å²) in [5.41, 5.74) is -0.694. The van der Waals surface area contributed by atoms with Gasteiger partial charge in [-0.2, -0.15) is 0 Å². The number of aliphatic hydroxyl groups excluding tert-OH is 1. The zero-order chi connectivity index (χ0) is 15.3. The molecule has 6 nitrogen and oxygen atoms in total. The van der Waals surface area contributed by atoms with Gasteiger partial charge in [0.25, 0.3) is 5.69 Å². The van der Waals surface area contributed by atoms with E-state index in [1.807, 2.05) is 13.8 Å². The molecule has 0 saturated carbocycles. The Morgan fingerprint density at radius 2 is 2.00 bits per heavy atom. The number of benzene rings is 1. The van der Waals surface area contributed by atoms with E-state index in [4.69, 9.17) is 4.74 Å². The fraction of sp³-hybridized carbons (Fsp3) is 0.571. The Morgan fingerprint density at radius 3 is 2.45 bits per heavy atom. The van der Waals surface area contributed by atoms with Crippen molar-refractivity contribution < 1.29 is 19.9 Å². The van der Waals surface area contributed by atoms with Gasteiger partial charge in [0.1, 0.15) is 12.4 Å². The van der Waals surface area contributed by atoms with Crippen LogP contribution in [0.4, 0.5) is 5.69 Å². The Kier molecular flexibility index (Phi) is 5.47. The predicted octanol–water partition coefficient (Wildman–Crippen LogP) is 2.58. The van der Waals surface area contributed by atoms with Crippen molar-refractivity contribution in [3.05, 3.63) is 33.9 Å². The summed E-state index contributed by atoms with van der Waals surface area (Å²) in [5, 5.41) is 30.6. The van der Waals surface area contributed by atoms with Gasteiger partial charge in [0, 0.05) is 17.7 Å². The third kappa shape index (κ3) is 3.91. The first kappa shape index (κ1) is 16.4. The normalized spacial score (nSPS) is 13.1. The van der Waals surface area contributed by atoms with Crippen molar-refractivity contribution in [1.29, 1.82) is 0 Å². The molecule has 1 rings (SSSR count). The first-order chi connectivity index (χ1) is 9.33. The van der Waals surface area contributed by atoms with Gasteiger partial charge in [-0.15, -0.1) is 0 Å². The maximum absolute atomic E-state index is 10.7. The van der Waals surface area contributed by atoms with Gasteiger partial charge in [0.2, 0.25) is 0 Å². The van der Waals surface area contributed by atoms with E-state index < -0.39 is 16.6 Å². The predicted molar refractivity (Wildman–Crippen MR) is 74.8 cm³/mol. The third-order valence-electron chi connectivity index (χ3n) is 3.47. The lowest BCUT2D eigenvalue weighted by atomic mass is 9.99. The Morgan fingerprint density at radius 1 is 1.40 bits per heavy atom. The first-order valence-electron chi connectivity index (χ1n) is 6.64. The van der Waals surface area contributed by atoms with Crippen molar-refractivity contribution in [1.82, 2.24) is 0 Å². The number of nitro benzene ring substituents is 1. The van der Waals surface area contributed by atoms with Gasteiger partial charge in [0.15, 0.2) is 0 Å². The monoisotopic (exact) mass is 283 g/mol. The molecule has 0 saturated heterocycles. The van der Waals surface area contributed by atoms with Crippen LogP contribution in [0.3, 0.4) is 0 Å². The van der Waals surface area contributed by atoms with Crippen molar-refractivity contribution in [2.24, 2.45) is 0 Å². The van der Waals surface area contributed by atoms with Crippen LogP contribution in [0.2, 0.25) is 0 Å². The Labute approximate surface area is 118 Å². The second-order valence-corrected chi connectivity index (χ2v) is 4.88. The molecule has 0 amide bonds. The van der Waals surface area contributed by atoms with Gasteiger partial charge in [-0.05, 0) is 25.8 Å². The Hall–Kier alpha value is -1.66. The molecular formula is C14H21NO5. The van der Waals surface area contributed by atoms with Gasteiger partial charge in [0.05, 0.1) is 16.6 Å². The van der Waals surface area contributed by atoms with Crippen LogP contribution in [0.1, 0.15) is 45.3 Å². The molecular weight excluding hydrogens is 262 g/mol. The van der Waals surface area contributed by atoms with Gasteiger partial charge in [-0.3, -0.25) is 10.1 Å². The van der Waals surface area contributed by atoms with E-state index in [1.54, 1.807) is 0 Å². The van der Waals surface area contributed by atoms with Gasteiger partial charge in [-0.25, -0.2) is 0 Å². The Bertz CT molecular complexity index is 469. The summed E-state index contributed by atoms with van der Waals surface area (Å²) in [4.78, 5) is 10.2. The van der Waals surface area contributed by atoms with Crippen molar-refractivity contribution in [2.75, 3.05) is 6.61 Å². The topological polar surface area (TPSA) is 92.8 Å². The lowest BCUT2D eigenvalue weighted by Gasteiger charge is -2.26. The Balaban J connectivity index is 2.98. The lowest BCUT2D eigenvalue weighted by molar-refractivity contribution is -0.385. The summed E-state index contributed by atoms with van der Waals surface area (Å²) >= 11 is 0. The van der Waals surface area contributed by atoms with E-state index in [2.05, 4.69) is 0 Å². The summed E-state index contributed by atoms with van der Waals surface area (Å²) in [5.74, 6) is 0.353. The van der Waals surface area contributed by atoms with Crippen LogP contribution in [0, 0.1) is 10.1 Å². The molecule has 0 aromatic heterocycles. The molecule has 0 radical (unpaired) electrons. The summed E-state index contributed by atoms with van der Waals surface area (Å²) in [7, 11) is 0. The van der Waals surface area contributed by atoms with Gasteiger partial charge in [-0.1, -0.05) is 13.8 Å². The largest absolute Gasteiger partial charge is 0.490 e. The van der Waals surface area contributed by atoms with E-state index >= 15 is 0 Å². The number of hydrogen-bond acceptors (Lipinski definition) is 5. The maximum atomic E-state index is 10.7. The number of hydrogen-bond donors (Lipinski definition) is 2. The third-order valence-corrected chi connectivity index (χ3v) is 3.47. The van der Waals surface area contributed by atoms with Crippen molar-refractivity contribution >= 4 is 5.69 Å². The number of nitrogens with zero attached hydrogens (tertiary/aromatic N) is 1. The number of nitro groups is 1. The fourth-order valence-corrected chi connectivity index (χ4v) is 1.77. The second-order valence-electron chi connectivity index (χ2n) is 4.88. The maximum Gasteiger partial charge on any atom is 0.270 e. The molecule has 0 aliphatic rings. The average Bonchev–Trinajstić information content (AvgIpc) is 2.44. The summed E-state index contributed by atoms with van der Waals surface area (Å²) < 4.78 is 5.55. The molecule has 0 bridgehead atoms. The van der Waals surface area contributed by atoms with Gasteiger partial charge < -0.3 is 14.9 Å². The molecule has 112 valence electrons. The van der Waals surface area contributed by atoms with Gasteiger partial charge >= 0.3 is 0 Å².